The Kier molecular flexibility index (Phi) is 4.58. The lowest BCUT2D eigenvalue weighted by atomic mass is 9.96. The third-order valence-corrected chi connectivity index (χ3v) is 3.62. The quantitative estimate of drug-likeness (QED) is 0.768. The van der Waals surface area contributed by atoms with Crippen LogP contribution in [0.5, 0.6) is 5.75 Å². The van der Waals surface area contributed by atoms with Crippen molar-refractivity contribution < 1.29 is 17.9 Å². The van der Waals surface area contributed by atoms with Crippen LogP contribution in [0.3, 0.4) is 0 Å². The van der Waals surface area contributed by atoms with Crippen molar-refractivity contribution in [1.29, 1.82) is 0 Å². The zero-order chi connectivity index (χ0) is 14.6. The van der Waals surface area contributed by atoms with Gasteiger partial charge in [0.15, 0.2) is 0 Å². The van der Waals surface area contributed by atoms with Crippen LogP contribution in [0, 0.1) is 5.41 Å². The van der Waals surface area contributed by atoms with Gasteiger partial charge < -0.3 is 10.1 Å². The summed E-state index contributed by atoms with van der Waals surface area (Å²) in [5.74, 6) is -0.157. The minimum Gasteiger partial charge on any atom is -0.406 e. The lowest BCUT2D eigenvalue weighted by Gasteiger charge is -2.16. The van der Waals surface area contributed by atoms with E-state index in [1.807, 2.05) is 0 Å². The van der Waals surface area contributed by atoms with Crippen molar-refractivity contribution in [3.8, 4) is 5.75 Å². The molecule has 112 valence electrons. The van der Waals surface area contributed by atoms with E-state index in [4.69, 9.17) is 0 Å². The lowest BCUT2D eigenvalue weighted by Crippen LogP contribution is -2.26. The van der Waals surface area contributed by atoms with E-state index in [0.29, 0.717) is 5.41 Å². The topological polar surface area (TPSA) is 21.3 Å². The summed E-state index contributed by atoms with van der Waals surface area (Å²) >= 11 is 0. The molecule has 2 nitrogen and oxygen atoms in total. The smallest absolute Gasteiger partial charge is 0.406 e. The van der Waals surface area contributed by atoms with Gasteiger partial charge in [0.05, 0.1) is 0 Å². The summed E-state index contributed by atoms with van der Waals surface area (Å²) in [6.45, 7) is 4.13. The second-order valence-corrected chi connectivity index (χ2v) is 5.55. The molecule has 0 saturated heterocycles. The average Bonchev–Trinajstić information content (AvgIpc) is 3.11. The fourth-order valence-electron chi connectivity index (χ4n) is 2.37. The van der Waals surface area contributed by atoms with Crippen LogP contribution < -0.4 is 10.1 Å². The van der Waals surface area contributed by atoms with E-state index in [1.165, 1.54) is 25.0 Å². The van der Waals surface area contributed by atoms with Crippen LogP contribution in [-0.4, -0.2) is 19.5 Å². The predicted molar refractivity (Wildman–Crippen MR) is 71.7 cm³/mol. The summed E-state index contributed by atoms with van der Waals surface area (Å²) in [5, 5.41) is 3.43. The Morgan fingerprint density at radius 2 is 1.85 bits per heavy atom. The standard InChI is InChI=1S/C15H20F3NO/c1-2-9-19-11-14(7-8-14)10-12-3-5-13(6-4-12)20-15(16,17)18/h3-6,19H,2,7-11H2,1H3. The van der Waals surface area contributed by atoms with Gasteiger partial charge in [-0.1, -0.05) is 19.1 Å². The number of ether oxygens (including phenoxy) is 1. The molecule has 0 aliphatic heterocycles. The average molecular weight is 287 g/mol. The molecule has 2 rings (SSSR count). The number of benzene rings is 1. The molecular formula is C15H20F3NO. The third-order valence-electron chi connectivity index (χ3n) is 3.62. The first-order valence-electron chi connectivity index (χ1n) is 6.98. The summed E-state index contributed by atoms with van der Waals surface area (Å²) in [5.41, 5.74) is 1.37. The maximum Gasteiger partial charge on any atom is 0.573 e. The summed E-state index contributed by atoms with van der Waals surface area (Å²) in [6, 6.07) is 6.22. The first-order valence-corrected chi connectivity index (χ1v) is 6.98. The number of alkyl halides is 3. The fourth-order valence-corrected chi connectivity index (χ4v) is 2.37. The number of hydrogen-bond donors (Lipinski definition) is 1. The van der Waals surface area contributed by atoms with E-state index >= 15 is 0 Å². The largest absolute Gasteiger partial charge is 0.573 e. The van der Waals surface area contributed by atoms with E-state index in [9.17, 15) is 13.2 Å². The molecule has 1 aromatic carbocycles. The van der Waals surface area contributed by atoms with Gasteiger partial charge in [-0.3, -0.25) is 0 Å². The monoisotopic (exact) mass is 287 g/mol. The van der Waals surface area contributed by atoms with Crippen LogP contribution in [0.1, 0.15) is 31.7 Å². The molecular weight excluding hydrogens is 267 g/mol. The Hall–Kier alpha value is -1.23. The van der Waals surface area contributed by atoms with Crippen LogP contribution in [0.25, 0.3) is 0 Å². The molecule has 0 unspecified atom stereocenters. The van der Waals surface area contributed by atoms with Crippen LogP contribution in [0.4, 0.5) is 13.2 Å². The first kappa shape index (κ1) is 15.2. The molecule has 1 aliphatic carbocycles. The molecule has 0 amide bonds. The van der Waals surface area contributed by atoms with Gasteiger partial charge in [-0.25, -0.2) is 0 Å². The maximum absolute atomic E-state index is 12.1. The van der Waals surface area contributed by atoms with Crippen LogP contribution in [-0.2, 0) is 6.42 Å². The van der Waals surface area contributed by atoms with Gasteiger partial charge in [0.25, 0.3) is 0 Å². The first-order chi connectivity index (χ1) is 9.42. The van der Waals surface area contributed by atoms with E-state index in [1.54, 1.807) is 12.1 Å². The number of nitrogens with one attached hydrogen (secondary N) is 1. The molecule has 5 heteroatoms. The molecule has 1 N–H and O–H groups in total. The highest BCUT2D eigenvalue weighted by atomic mass is 19.4. The molecule has 1 fully saturated rings. The van der Waals surface area contributed by atoms with Gasteiger partial charge in [0.2, 0.25) is 0 Å². The second-order valence-electron chi connectivity index (χ2n) is 5.55. The maximum atomic E-state index is 12.1. The van der Waals surface area contributed by atoms with Crippen LogP contribution >= 0.6 is 0 Å². The minimum absolute atomic E-state index is 0.157. The number of halogens is 3. The Labute approximate surface area is 117 Å². The highest BCUT2D eigenvalue weighted by Gasteiger charge is 2.41. The Balaban J connectivity index is 1.87. The van der Waals surface area contributed by atoms with Crippen molar-refractivity contribution in [2.75, 3.05) is 13.1 Å². The SMILES string of the molecule is CCCNCC1(Cc2ccc(OC(F)(F)F)cc2)CC1. The zero-order valence-electron chi connectivity index (χ0n) is 11.6. The van der Waals surface area contributed by atoms with E-state index in [2.05, 4.69) is 17.0 Å². The minimum atomic E-state index is -4.62. The molecule has 0 radical (unpaired) electrons. The van der Waals surface area contributed by atoms with E-state index in [0.717, 1.165) is 31.5 Å². The highest BCUT2D eigenvalue weighted by Crippen LogP contribution is 2.47. The summed E-state index contributed by atoms with van der Waals surface area (Å²) in [4.78, 5) is 0. The summed E-state index contributed by atoms with van der Waals surface area (Å²) in [7, 11) is 0. The fraction of sp³-hybridized carbons (Fsp3) is 0.600. The molecule has 1 aliphatic rings. The number of hydrogen-bond acceptors (Lipinski definition) is 2. The molecule has 0 atom stereocenters. The van der Waals surface area contributed by atoms with Crippen molar-refractivity contribution >= 4 is 0 Å². The molecule has 0 bridgehead atoms. The van der Waals surface area contributed by atoms with Crippen LogP contribution in [0.15, 0.2) is 24.3 Å². The van der Waals surface area contributed by atoms with Gasteiger partial charge in [-0.15, -0.1) is 13.2 Å². The molecule has 1 saturated carbocycles. The van der Waals surface area contributed by atoms with Crippen molar-refractivity contribution in [2.45, 2.75) is 39.0 Å². The van der Waals surface area contributed by atoms with Crippen molar-refractivity contribution in [3.63, 3.8) is 0 Å². The van der Waals surface area contributed by atoms with Crippen LogP contribution in [0.2, 0.25) is 0 Å². The Morgan fingerprint density at radius 3 is 2.35 bits per heavy atom. The zero-order valence-corrected chi connectivity index (χ0v) is 11.6. The molecule has 20 heavy (non-hydrogen) atoms. The predicted octanol–water partition coefficient (Wildman–Crippen LogP) is 3.91. The molecule has 1 aromatic rings. The second kappa shape index (κ2) is 6.04. The highest BCUT2D eigenvalue weighted by molar-refractivity contribution is 5.29. The van der Waals surface area contributed by atoms with Crippen molar-refractivity contribution in [2.24, 2.45) is 5.41 Å². The molecule has 0 heterocycles. The molecule has 0 aromatic heterocycles. The normalized spacial score (nSPS) is 17.0. The van der Waals surface area contributed by atoms with E-state index < -0.39 is 6.36 Å². The van der Waals surface area contributed by atoms with Crippen molar-refractivity contribution in [3.05, 3.63) is 29.8 Å². The lowest BCUT2D eigenvalue weighted by molar-refractivity contribution is -0.274. The van der Waals surface area contributed by atoms with Gasteiger partial charge in [-0.2, -0.15) is 0 Å². The van der Waals surface area contributed by atoms with Gasteiger partial charge in [0.1, 0.15) is 5.75 Å². The summed E-state index contributed by atoms with van der Waals surface area (Å²) < 4.78 is 40.1. The Bertz CT molecular complexity index is 424. The van der Waals surface area contributed by atoms with Gasteiger partial charge >= 0.3 is 6.36 Å². The Morgan fingerprint density at radius 1 is 1.20 bits per heavy atom. The summed E-state index contributed by atoms with van der Waals surface area (Å²) in [6.07, 6.45) is -0.228. The molecule has 0 spiro atoms. The van der Waals surface area contributed by atoms with Gasteiger partial charge in [-0.05, 0) is 55.3 Å². The third kappa shape index (κ3) is 4.71. The number of rotatable bonds is 7. The van der Waals surface area contributed by atoms with E-state index in [-0.39, 0.29) is 5.75 Å². The van der Waals surface area contributed by atoms with Crippen molar-refractivity contribution in [1.82, 2.24) is 5.32 Å². The van der Waals surface area contributed by atoms with Gasteiger partial charge in [0, 0.05) is 6.54 Å².